The van der Waals surface area contributed by atoms with Gasteiger partial charge < -0.3 is 10.5 Å². The van der Waals surface area contributed by atoms with Crippen LogP contribution in [0.1, 0.15) is 12.0 Å². The Labute approximate surface area is 124 Å². The molecule has 1 aromatic heterocycles. The fraction of sp³-hybridized carbons (Fsp3) is 0.167. The first kappa shape index (κ1) is 13.4. The summed E-state index contributed by atoms with van der Waals surface area (Å²) >= 11 is 0. The Bertz CT molecular complexity index is 726. The molecular formula is C18H18N2O. The molecule has 0 saturated carbocycles. The van der Waals surface area contributed by atoms with E-state index in [4.69, 9.17) is 10.5 Å². The minimum Gasteiger partial charge on any atom is -0.491 e. The van der Waals surface area contributed by atoms with E-state index in [1.165, 1.54) is 5.56 Å². The van der Waals surface area contributed by atoms with E-state index in [-0.39, 0.29) is 0 Å². The maximum Gasteiger partial charge on any atom is 0.142 e. The molecule has 2 aromatic carbocycles. The molecular weight excluding hydrogens is 260 g/mol. The van der Waals surface area contributed by atoms with Gasteiger partial charge in [-0.2, -0.15) is 0 Å². The first-order valence-corrected chi connectivity index (χ1v) is 7.14. The van der Waals surface area contributed by atoms with E-state index in [1.807, 2.05) is 30.3 Å². The zero-order valence-electron chi connectivity index (χ0n) is 11.8. The number of nitrogen functional groups attached to an aromatic ring is 1. The Balaban J connectivity index is 1.62. The van der Waals surface area contributed by atoms with Gasteiger partial charge in [0.1, 0.15) is 5.75 Å². The lowest BCUT2D eigenvalue weighted by Gasteiger charge is -2.10. The summed E-state index contributed by atoms with van der Waals surface area (Å²) in [6.07, 6.45) is 3.74. The second-order valence-corrected chi connectivity index (χ2v) is 4.99. The van der Waals surface area contributed by atoms with Crippen molar-refractivity contribution in [3.63, 3.8) is 0 Å². The Morgan fingerprint density at radius 1 is 0.952 bits per heavy atom. The van der Waals surface area contributed by atoms with Crippen molar-refractivity contribution < 1.29 is 4.74 Å². The molecule has 21 heavy (non-hydrogen) atoms. The molecule has 0 amide bonds. The Morgan fingerprint density at radius 2 is 1.81 bits per heavy atom. The lowest BCUT2D eigenvalue weighted by atomic mass is 10.1. The minimum absolute atomic E-state index is 0.658. The van der Waals surface area contributed by atoms with Gasteiger partial charge in [-0.1, -0.05) is 30.3 Å². The number of pyridine rings is 1. The van der Waals surface area contributed by atoms with Crippen LogP contribution >= 0.6 is 0 Å². The van der Waals surface area contributed by atoms with Gasteiger partial charge in [-0.05, 0) is 42.7 Å². The number of hydrogen-bond donors (Lipinski definition) is 1. The van der Waals surface area contributed by atoms with Crippen LogP contribution in [-0.4, -0.2) is 11.6 Å². The van der Waals surface area contributed by atoms with Crippen LogP contribution in [0, 0.1) is 0 Å². The van der Waals surface area contributed by atoms with Gasteiger partial charge in [0, 0.05) is 11.6 Å². The van der Waals surface area contributed by atoms with Crippen molar-refractivity contribution in [2.75, 3.05) is 12.3 Å². The summed E-state index contributed by atoms with van der Waals surface area (Å²) in [5, 5.41) is 0.943. The van der Waals surface area contributed by atoms with Gasteiger partial charge in [-0.15, -0.1) is 0 Å². The summed E-state index contributed by atoms with van der Waals surface area (Å²) in [6.45, 7) is 0.658. The number of nitrogens with zero attached hydrogens (tertiary/aromatic N) is 1. The monoisotopic (exact) mass is 278 g/mol. The van der Waals surface area contributed by atoms with E-state index in [2.05, 4.69) is 29.2 Å². The largest absolute Gasteiger partial charge is 0.491 e. The molecule has 0 radical (unpaired) electrons. The van der Waals surface area contributed by atoms with Crippen molar-refractivity contribution in [3.8, 4) is 5.75 Å². The summed E-state index contributed by atoms with van der Waals surface area (Å²) in [6, 6.07) is 18.1. The second kappa shape index (κ2) is 6.27. The van der Waals surface area contributed by atoms with Gasteiger partial charge in [0.15, 0.2) is 0 Å². The third kappa shape index (κ3) is 3.14. The van der Waals surface area contributed by atoms with Crippen LogP contribution < -0.4 is 10.5 Å². The molecule has 106 valence electrons. The molecule has 0 aliphatic heterocycles. The van der Waals surface area contributed by atoms with Gasteiger partial charge in [-0.3, -0.25) is 4.98 Å². The molecule has 0 unspecified atom stereocenters. The molecule has 0 bridgehead atoms. The van der Waals surface area contributed by atoms with Crippen molar-refractivity contribution >= 4 is 16.6 Å². The van der Waals surface area contributed by atoms with Gasteiger partial charge >= 0.3 is 0 Å². The topological polar surface area (TPSA) is 48.1 Å². The maximum atomic E-state index is 6.15. The number of benzene rings is 2. The molecule has 3 rings (SSSR count). The van der Waals surface area contributed by atoms with Crippen LogP contribution in [0.5, 0.6) is 5.75 Å². The molecule has 0 saturated heterocycles. The smallest absolute Gasteiger partial charge is 0.142 e. The van der Waals surface area contributed by atoms with E-state index in [1.54, 1.807) is 6.20 Å². The number of anilines is 1. The van der Waals surface area contributed by atoms with Gasteiger partial charge in [0.05, 0.1) is 17.8 Å². The molecule has 3 nitrogen and oxygen atoms in total. The fourth-order valence-electron chi connectivity index (χ4n) is 2.38. The van der Waals surface area contributed by atoms with Crippen LogP contribution in [0.15, 0.2) is 60.8 Å². The Morgan fingerprint density at radius 3 is 2.67 bits per heavy atom. The quantitative estimate of drug-likeness (QED) is 0.570. The molecule has 2 N–H and O–H groups in total. The number of nitrogens with two attached hydrogens (primary N) is 1. The SMILES string of the molecule is Nc1c(OCCCc2ccccc2)ccc2ncccc12. The van der Waals surface area contributed by atoms with Crippen molar-refractivity contribution in [3.05, 3.63) is 66.4 Å². The zero-order valence-corrected chi connectivity index (χ0v) is 11.8. The van der Waals surface area contributed by atoms with Crippen LogP contribution in [0.4, 0.5) is 5.69 Å². The molecule has 0 aliphatic rings. The van der Waals surface area contributed by atoms with Crippen molar-refractivity contribution in [1.82, 2.24) is 4.98 Å². The summed E-state index contributed by atoms with van der Waals surface area (Å²) in [5.74, 6) is 0.739. The third-order valence-electron chi connectivity index (χ3n) is 3.50. The lowest BCUT2D eigenvalue weighted by molar-refractivity contribution is 0.313. The standard InChI is InChI=1S/C18H18N2O/c19-18-15-9-4-12-20-16(15)10-11-17(18)21-13-5-8-14-6-2-1-3-7-14/h1-4,6-7,9-12H,5,8,13,19H2. The Hall–Kier alpha value is -2.55. The van der Waals surface area contributed by atoms with E-state index in [9.17, 15) is 0 Å². The molecule has 0 atom stereocenters. The first-order valence-electron chi connectivity index (χ1n) is 7.14. The van der Waals surface area contributed by atoms with Crippen LogP contribution in [-0.2, 0) is 6.42 Å². The van der Waals surface area contributed by atoms with Gasteiger partial charge in [-0.25, -0.2) is 0 Å². The molecule has 3 aromatic rings. The number of ether oxygens (including phenoxy) is 1. The summed E-state index contributed by atoms with van der Waals surface area (Å²) in [4.78, 5) is 4.28. The number of hydrogen-bond acceptors (Lipinski definition) is 3. The molecule has 1 heterocycles. The van der Waals surface area contributed by atoms with E-state index >= 15 is 0 Å². The second-order valence-electron chi connectivity index (χ2n) is 4.99. The minimum atomic E-state index is 0.658. The van der Waals surface area contributed by atoms with E-state index < -0.39 is 0 Å². The van der Waals surface area contributed by atoms with Gasteiger partial charge in [0.25, 0.3) is 0 Å². The Kier molecular flexibility index (Phi) is 4.01. The predicted molar refractivity (Wildman–Crippen MR) is 86.4 cm³/mol. The predicted octanol–water partition coefficient (Wildman–Crippen LogP) is 3.83. The fourth-order valence-corrected chi connectivity index (χ4v) is 2.38. The summed E-state index contributed by atoms with van der Waals surface area (Å²) in [7, 11) is 0. The van der Waals surface area contributed by atoms with E-state index in [0.29, 0.717) is 12.3 Å². The molecule has 0 fully saturated rings. The van der Waals surface area contributed by atoms with Crippen LogP contribution in [0.25, 0.3) is 10.9 Å². The molecule has 0 spiro atoms. The number of fused-ring (bicyclic) bond motifs is 1. The number of rotatable bonds is 5. The zero-order chi connectivity index (χ0) is 14.5. The molecule has 3 heteroatoms. The van der Waals surface area contributed by atoms with Crippen LogP contribution in [0.3, 0.4) is 0 Å². The van der Waals surface area contributed by atoms with E-state index in [0.717, 1.165) is 29.5 Å². The normalized spacial score (nSPS) is 10.7. The summed E-state index contributed by atoms with van der Waals surface area (Å²) < 4.78 is 5.81. The number of aryl methyl sites for hydroxylation is 1. The highest BCUT2D eigenvalue weighted by Crippen LogP contribution is 2.29. The average molecular weight is 278 g/mol. The highest BCUT2D eigenvalue weighted by Gasteiger charge is 2.05. The average Bonchev–Trinajstić information content (AvgIpc) is 2.55. The number of aromatic nitrogens is 1. The highest BCUT2D eigenvalue weighted by molar-refractivity contribution is 5.93. The third-order valence-corrected chi connectivity index (χ3v) is 3.50. The van der Waals surface area contributed by atoms with Gasteiger partial charge in [0.2, 0.25) is 0 Å². The maximum absolute atomic E-state index is 6.15. The molecule has 0 aliphatic carbocycles. The highest BCUT2D eigenvalue weighted by atomic mass is 16.5. The lowest BCUT2D eigenvalue weighted by Crippen LogP contribution is -2.02. The van der Waals surface area contributed by atoms with Crippen molar-refractivity contribution in [2.24, 2.45) is 0 Å². The first-order chi connectivity index (χ1) is 10.3. The van der Waals surface area contributed by atoms with Crippen molar-refractivity contribution in [1.29, 1.82) is 0 Å². The van der Waals surface area contributed by atoms with Crippen molar-refractivity contribution in [2.45, 2.75) is 12.8 Å². The summed E-state index contributed by atoms with van der Waals surface area (Å²) in [5.41, 5.74) is 9.04. The van der Waals surface area contributed by atoms with Crippen LogP contribution in [0.2, 0.25) is 0 Å².